The first-order valence-electron chi connectivity index (χ1n) is 9.51. The van der Waals surface area contributed by atoms with E-state index in [1.165, 1.54) is 24.0 Å². The molecule has 2 aliphatic rings. The zero-order valence-electron chi connectivity index (χ0n) is 16.7. The van der Waals surface area contributed by atoms with Gasteiger partial charge in [-0.05, 0) is 60.2 Å². The van der Waals surface area contributed by atoms with Crippen molar-refractivity contribution in [3.05, 3.63) is 76.8 Å². The summed E-state index contributed by atoms with van der Waals surface area (Å²) in [4.78, 5) is 0.251. The van der Waals surface area contributed by atoms with Gasteiger partial charge in [0.2, 0.25) is 5.79 Å². The quantitative estimate of drug-likeness (QED) is 0.709. The van der Waals surface area contributed by atoms with E-state index in [2.05, 4.69) is 0 Å². The molecule has 1 heterocycles. The monoisotopic (exact) mass is 414 g/mol. The average Bonchev–Trinajstić information content (AvgIpc) is 2.94. The van der Waals surface area contributed by atoms with Gasteiger partial charge in [-0.3, -0.25) is 0 Å². The molecule has 1 saturated carbocycles. The van der Waals surface area contributed by atoms with Gasteiger partial charge in [-0.1, -0.05) is 24.3 Å². The summed E-state index contributed by atoms with van der Waals surface area (Å²) in [5, 5.41) is 0. The first-order chi connectivity index (χ1) is 13.7. The van der Waals surface area contributed by atoms with Crippen molar-refractivity contribution in [2.75, 3.05) is 13.4 Å². The molecule has 0 aromatic heterocycles. The van der Waals surface area contributed by atoms with E-state index in [4.69, 9.17) is 9.47 Å². The summed E-state index contributed by atoms with van der Waals surface area (Å²) < 4.78 is 49.4. The minimum absolute atomic E-state index is 0.251. The lowest BCUT2D eigenvalue weighted by Crippen LogP contribution is -2.28. The second-order valence-electron chi connectivity index (χ2n) is 7.59. The average molecular weight is 414 g/mol. The van der Waals surface area contributed by atoms with Gasteiger partial charge in [0.15, 0.2) is 9.84 Å². The Morgan fingerprint density at radius 2 is 1.59 bits per heavy atom. The molecule has 1 unspecified atom stereocenters. The van der Waals surface area contributed by atoms with Crippen LogP contribution in [-0.4, -0.2) is 27.6 Å². The zero-order chi connectivity index (χ0) is 20.8. The van der Waals surface area contributed by atoms with Crippen LogP contribution in [0.3, 0.4) is 0 Å². The number of benzene rings is 2. The summed E-state index contributed by atoms with van der Waals surface area (Å²) in [6.45, 7) is 1.85. The van der Waals surface area contributed by atoms with Crippen LogP contribution in [0.2, 0.25) is 0 Å². The summed E-state index contributed by atoms with van der Waals surface area (Å²) in [7, 11) is -1.71. The summed E-state index contributed by atoms with van der Waals surface area (Å²) in [6.07, 6.45) is 4.21. The van der Waals surface area contributed by atoms with Gasteiger partial charge in [0.05, 0.1) is 4.90 Å². The van der Waals surface area contributed by atoms with Crippen molar-refractivity contribution in [1.82, 2.24) is 0 Å². The summed E-state index contributed by atoms with van der Waals surface area (Å²) in [5.41, 5.74) is 4.53. The third-order valence-corrected chi connectivity index (χ3v) is 6.73. The molecular weight excluding hydrogens is 391 g/mol. The molecular formula is C23H23FO4S. The minimum Gasteiger partial charge on any atom is -0.458 e. The maximum Gasteiger partial charge on any atom is 0.235 e. The lowest BCUT2D eigenvalue weighted by molar-refractivity contribution is -0.129. The third kappa shape index (κ3) is 3.51. The lowest BCUT2D eigenvalue weighted by Gasteiger charge is -2.27. The van der Waals surface area contributed by atoms with E-state index in [-0.39, 0.29) is 10.7 Å². The van der Waals surface area contributed by atoms with E-state index < -0.39 is 15.6 Å². The number of methoxy groups -OCH3 is 1. The number of ether oxygens (including phenoxy) is 2. The van der Waals surface area contributed by atoms with Crippen molar-refractivity contribution in [3.8, 4) is 0 Å². The van der Waals surface area contributed by atoms with Gasteiger partial charge >= 0.3 is 0 Å². The first kappa shape index (κ1) is 19.9. The SMILES string of the molecule is COC1(C)OC(=C2CCC2)C(c2ccc(F)cc2)=C1c1ccc(S(C)(=O)=O)cc1. The zero-order valence-corrected chi connectivity index (χ0v) is 17.5. The molecule has 2 aromatic rings. The minimum atomic E-state index is -3.30. The largest absolute Gasteiger partial charge is 0.458 e. The summed E-state index contributed by atoms with van der Waals surface area (Å²) in [6, 6.07) is 13.0. The third-order valence-electron chi connectivity index (χ3n) is 5.60. The molecule has 0 saturated heterocycles. The van der Waals surface area contributed by atoms with Crippen LogP contribution in [0, 0.1) is 5.82 Å². The lowest BCUT2D eigenvalue weighted by atomic mass is 9.85. The van der Waals surface area contributed by atoms with Gasteiger partial charge in [-0.15, -0.1) is 0 Å². The van der Waals surface area contributed by atoms with E-state index in [9.17, 15) is 12.8 Å². The Hall–Kier alpha value is -2.44. The number of sulfone groups is 1. The van der Waals surface area contributed by atoms with Crippen LogP contribution < -0.4 is 0 Å². The van der Waals surface area contributed by atoms with Crippen LogP contribution in [0.25, 0.3) is 11.1 Å². The molecule has 1 aliphatic heterocycles. The van der Waals surface area contributed by atoms with Gasteiger partial charge in [-0.2, -0.15) is 0 Å². The van der Waals surface area contributed by atoms with Gasteiger partial charge in [0.1, 0.15) is 11.6 Å². The highest BCUT2D eigenvalue weighted by Gasteiger charge is 2.44. The highest BCUT2D eigenvalue weighted by atomic mass is 32.2. The van der Waals surface area contributed by atoms with Crippen molar-refractivity contribution in [3.63, 3.8) is 0 Å². The van der Waals surface area contributed by atoms with Crippen LogP contribution in [-0.2, 0) is 19.3 Å². The Kier molecular flexibility index (Phi) is 4.87. The molecule has 0 radical (unpaired) electrons. The van der Waals surface area contributed by atoms with Gasteiger partial charge < -0.3 is 9.47 Å². The second kappa shape index (κ2) is 7.11. The number of hydrogen-bond donors (Lipinski definition) is 0. The van der Waals surface area contributed by atoms with Crippen molar-refractivity contribution < 1.29 is 22.3 Å². The standard InChI is InChI=1S/C23H23FO4S/c1-23(27-2)21(16-9-13-19(14-10-16)29(3,25)26)20(15-7-11-18(24)12-8-15)22(28-23)17-5-4-6-17/h7-14H,4-6H2,1-3H3. The molecule has 29 heavy (non-hydrogen) atoms. The molecule has 4 rings (SSSR count). The topological polar surface area (TPSA) is 52.6 Å². The normalized spacial score (nSPS) is 21.9. The Morgan fingerprint density at radius 1 is 1.00 bits per heavy atom. The molecule has 0 amide bonds. The maximum absolute atomic E-state index is 13.6. The van der Waals surface area contributed by atoms with E-state index in [1.807, 2.05) is 6.92 Å². The Morgan fingerprint density at radius 3 is 2.07 bits per heavy atom. The fraction of sp³-hybridized carbons (Fsp3) is 0.304. The predicted molar refractivity (Wildman–Crippen MR) is 110 cm³/mol. The van der Waals surface area contributed by atoms with Gasteiger partial charge in [-0.25, -0.2) is 12.8 Å². The van der Waals surface area contributed by atoms with Crippen molar-refractivity contribution in [2.24, 2.45) is 0 Å². The molecule has 2 aromatic carbocycles. The molecule has 6 heteroatoms. The summed E-state index contributed by atoms with van der Waals surface area (Å²) in [5.74, 6) is -0.553. The number of hydrogen-bond acceptors (Lipinski definition) is 4. The Balaban J connectivity index is 1.97. The smallest absolute Gasteiger partial charge is 0.235 e. The first-order valence-corrected chi connectivity index (χ1v) is 11.4. The molecule has 1 aliphatic carbocycles. The van der Waals surface area contributed by atoms with Crippen molar-refractivity contribution in [1.29, 1.82) is 0 Å². The maximum atomic E-state index is 13.6. The number of rotatable bonds is 4. The highest BCUT2D eigenvalue weighted by Crippen LogP contribution is 2.52. The highest BCUT2D eigenvalue weighted by molar-refractivity contribution is 7.90. The van der Waals surface area contributed by atoms with Crippen molar-refractivity contribution >= 4 is 21.0 Å². The van der Waals surface area contributed by atoms with Gasteiger partial charge in [0, 0.05) is 31.4 Å². The van der Waals surface area contributed by atoms with Crippen molar-refractivity contribution in [2.45, 2.75) is 36.9 Å². The van der Waals surface area contributed by atoms with Crippen LogP contribution in [0.15, 0.2) is 64.8 Å². The molecule has 0 N–H and O–H groups in total. The second-order valence-corrected chi connectivity index (χ2v) is 9.61. The Bertz CT molecular complexity index is 1110. The number of allylic oxidation sites excluding steroid dienone is 2. The molecule has 0 bridgehead atoms. The molecule has 0 spiro atoms. The molecule has 152 valence electrons. The van der Waals surface area contributed by atoms with E-state index in [0.29, 0.717) is 0 Å². The van der Waals surface area contributed by atoms with E-state index >= 15 is 0 Å². The molecule has 1 fully saturated rings. The van der Waals surface area contributed by atoms with Gasteiger partial charge in [0.25, 0.3) is 0 Å². The molecule has 1 atom stereocenters. The fourth-order valence-corrected chi connectivity index (χ4v) is 4.41. The van der Waals surface area contributed by atoms with Crippen LogP contribution in [0.4, 0.5) is 4.39 Å². The van der Waals surface area contributed by atoms with E-state index in [1.54, 1.807) is 43.5 Å². The Labute approximate surface area is 170 Å². The molecule has 4 nitrogen and oxygen atoms in total. The fourth-order valence-electron chi connectivity index (χ4n) is 3.78. The number of halogens is 1. The van der Waals surface area contributed by atoms with E-state index in [0.717, 1.165) is 47.3 Å². The van der Waals surface area contributed by atoms with Crippen LogP contribution in [0.1, 0.15) is 37.3 Å². The summed E-state index contributed by atoms with van der Waals surface area (Å²) >= 11 is 0. The predicted octanol–water partition coefficient (Wildman–Crippen LogP) is 4.97. The van der Waals surface area contributed by atoms with Crippen LogP contribution >= 0.6 is 0 Å². The van der Waals surface area contributed by atoms with Crippen LogP contribution in [0.5, 0.6) is 0 Å².